The van der Waals surface area contributed by atoms with Crippen LogP contribution >= 0.6 is 0 Å². The second kappa shape index (κ2) is 4.27. The zero-order chi connectivity index (χ0) is 9.68. The lowest BCUT2D eigenvalue weighted by Gasteiger charge is -1.97. The van der Waals surface area contributed by atoms with Crippen molar-refractivity contribution in [1.82, 2.24) is 4.98 Å². The van der Waals surface area contributed by atoms with Crippen LogP contribution in [-0.2, 0) is 4.74 Å². The molecule has 0 aliphatic heterocycles. The summed E-state index contributed by atoms with van der Waals surface area (Å²) in [6.07, 6.45) is 3.17. The SMILES string of the molecule is COC=Cc1nc(C)ccc1C#N. The number of hydrogen-bond acceptors (Lipinski definition) is 3. The summed E-state index contributed by atoms with van der Waals surface area (Å²) < 4.78 is 4.76. The van der Waals surface area contributed by atoms with E-state index >= 15 is 0 Å². The molecular weight excluding hydrogens is 164 g/mol. The molecule has 1 rings (SSSR count). The fraction of sp³-hybridized carbons (Fsp3) is 0.200. The monoisotopic (exact) mass is 174 g/mol. The van der Waals surface area contributed by atoms with E-state index in [2.05, 4.69) is 11.1 Å². The molecule has 0 aromatic carbocycles. The van der Waals surface area contributed by atoms with Crippen LogP contribution in [0.3, 0.4) is 0 Å². The van der Waals surface area contributed by atoms with Crippen LogP contribution in [0.5, 0.6) is 0 Å². The second-order valence-electron chi connectivity index (χ2n) is 2.54. The zero-order valence-corrected chi connectivity index (χ0v) is 7.61. The summed E-state index contributed by atoms with van der Waals surface area (Å²) in [6, 6.07) is 5.62. The van der Waals surface area contributed by atoms with E-state index in [4.69, 9.17) is 10.00 Å². The Morgan fingerprint density at radius 1 is 1.54 bits per heavy atom. The molecule has 0 amide bonds. The van der Waals surface area contributed by atoms with E-state index in [1.165, 1.54) is 6.26 Å². The van der Waals surface area contributed by atoms with E-state index in [-0.39, 0.29) is 0 Å². The van der Waals surface area contributed by atoms with E-state index in [1.807, 2.05) is 13.0 Å². The average molecular weight is 174 g/mol. The van der Waals surface area contributed by atoms with Gasteiger partial charge in [0.15, 0.2) is 0 Å². The quantitative estimate of drug-likeness (QED) is 0.643. The fourth-order valence-electron chi connectivity index (χ4n) is 0.931. The van der Waals surface area contributed by atoms with E-state index < -0.39 is 0 Å². The normalized spacial score (nSPS) is 9.92. The van der Waals surface area contributed by atoms with Crippen molar-refractivity contribution in [3.05, 3.63) is 35.3 Å². The van der Waals surface area contributed by atoms with Crippen LogP contribution in [0.25, 0.3) is 6.08 Å². The van der Waals surface area contributed by atoms with Crippen LogP contribution in [0.4, 0.5) is 0 Å². The minimum absolute atomic E-state index is 0.555. The first-order valence-electron chi connectivity index (χ1n) is 3.85. The number of aromatic nitrogens is 1. The van der Waals surface area contributed by atoms with Gasteiger partial charge in [-0.15, -0.1) is 0 Å². The third-order valence-electron chi connectivity index (χ3n) is 1.55. The molecule has 0 N–H and O–H groups in total. The van der Waals surface area contributed by atoms with E-state index in [1.54, 1.807) is 19.3 Å². The molecule has 3 heteroatoms. The third-order valence-corrected chi connectivity index (χ3v) is 1.55. The molecule has 0 aliphatic rings. The lowest BCUT2D eigenvalue weighted by atomic mass is 10.2. The smallest absolute Gasteiger partial charge is 0.101 e. The van der Waals surface area contributed by atoms with Crippen molar-refractivity contribution in [2.45, 2.75) is 6.92 Å². The predicted molar refractivity (Wildman–Crippen MR) is 49.7 cm³/mol. The average Bonchev–Trinajstić information content (AvgIpc) is 2.15. The number of hydrogen-bond donors (Lipinski definition) is 0. The van der Waals surface area contributed by atoms with Gasteiger partial charge in [-0.3, -0.25) is 4.98 Å². The van der Waals surface area contributed by atoms with Gasteiger partial charge in [0.1, 0.15) is 6.07 Å². The molecule has 0 saturated carbocycles. The molecular formula is C10H10N2O. The van der Waals surface area contributed by atoms with Gasteiger partial charge in [0.25, 0.3) is 0 Å². The molecule has 0 spiro atoms. The van der Waals surface area contributed by atoms with Crippen LogP contribution in [-0.4, -0.2) is 12.1 Å². The van der Waals surface area contributed by atoms with Crippen LogP contribution in [0.1, 0.15) is 17.0 Å². The lowest BCUT2D eigenvalue weighted by Crippen LogP contribution is -1.90. The zero-order valence-electron chi connectivity index (χ0n) is 7.61. The molecule has 0 fully saturated rings. The van der Waals surface area contributed by atoms with Gasteiger partial charge in [0, 0.05) is 5.69 Å². The highest BCUT2D eigenvalue weighted by Gasteiger charge is 1.99. The maximum atomic E-state index is 8.74. The van der Waals surface area contributed by atoms with Crippen LogP contribution in [0.2, 0.25) is 0 Å². The third kappa shape index (κ3) is 2.31. The Bertz CT molecular complexity index is 364. The van der Waals surface area contributed by atoms with E-state index in [0.29, 0.717) is 11.3 Å². The molecule has 1 heterocycles. The molecule has 0 bridgehead atoms. The summed E-state index contributed by atoms with van der Waals surface area (Å²) in [5, 5.41) is 8.74. The first-order valence-corrected chi connectivity index (χ1v) is 3.85. The topological polar surface area (TPSA) is 45.9 Å². The van der Waals surface area contributed by atoms with Crippen molar-refractivity contribution < 1.29 is 4.74 Å². The summed E-state index contributed by atoms with van der Waals surface area (Å²) in [6.45, 7) is 1.88. The Labute approximate surface area is 77.3 Å². The first kappa shape index (κ1) is 9.27. The van der Waals surface area contributed by atoms with Crippen molar-refractivity contribution in [2.75, 3.05) is 7.11 Å². The first-order chi connectivity index (χ1) is 6.27. The summed E-state index contributed by atoms with van der Waals surface area (Å²) in [5.74, 6) is 0. The molecule has 66 valence electrons. The van der Waals surface area contributed by atoms with Crippen LogP contribution in [0.15, 0.2) is 18.4 Å². The van der Waals surface area contributed by atoms with E-state index in [0.717, 1.165) is 5.69 Å². The molecule has 0 saturated heterocycles. The highest BCUT2D eigenvalue weighted by atomic mass is 16.5. The van der Waals surface area contributed by atoms with Gasteiger partial charge in [-0.05, 0) is 25.1 Å². The molecule has 0 radical (unpaired) electrons. The molecule has 0 aliphatic carbocycles. The predicted octanol–water partition coefficient (Wildman–Crippen LogP) is 1.88. The largest absolute Gasteiger partial charge is 0.504 e. The maximum Gasteiger partial charge on any atom is 0.101 e. The number of rotatable bonds is 2. The van der Waals surface area contributed by atoms with Crippen molar-refractivity contribution in [2.24, 2.45) is 0 Å². The Hall–Kier alpha value is -1.82. The Kier molecular flexibility index (Phi) is 3.04. The van der Waals surface area contributed by atoms with Gasteiger partial charge in [-0.2, -0.15) is 5.26 Å². The number of methoxy groups -OCH3 is 1. The second-order valence-corrected chi connectivity index (χ2v) is 2.54. The summed E-state index contributed by atoms with van der Waals surface area (Å²) in [5.41, 5.74) is 2.08. The molecule has 0 unspecified atom stereocenters. The number of nitriles is 1. The number of pyridine rings is 1. The van der Waals surface area contributed by atoms with Gasteiger partial charge in [-0.1, -0.05) is 0 Å². The van der Waals surface area contributed by atoms with Gasteiger partial charge >= 0.3 is 0 Å². The van der Waals surface area contributed by atoms with Crippen molar-refractivity contribution >= 4 is 6.08 Å². The highest BCUT2D eigenvalue weighted by molar-refractivity contribution is 5.53. The lowest BCUT2D eigenvalue weighted by molar-refractivity contribution is 0.341. The molecule has 0 atom stereocenters. The van der Waals surface area contributed by atoms with Crippen molar-refractivity contribution in [3.8, 4) is 6.07 Å². The molecule has 3 nitrogen and oxygen atoms in total. The number of nitrogens with zero attached hydrogens (tertiary/aromatic N) is 2. The highest BCUT2D eigenvalue weighted by Crippen LogP contribution is 2.07. The minimum Gasteiger partial charge on any atom is -0.504 e. The molecule has 13 heavy (non-hydrogen) atoms. The number of aryl methyl sites for hydroxylation is 1. The van der Waals surface area contributed by atoms with Crippen molar-refractivity contribution in [3.63, 3.8) is 0 Å². The molecule has 1 aromatic heterocycles. The van der Waals surface area contributed by atoms with Crippen molar-refractivity contribution in [1.29, 1.82) is 5.26 Å². The van der Waals surface area contributed by atoms with Gasteiger partial charge in [-0.25, -0.2) is 0 Å². The standard InChI is InChI=1S/C10H10N2O/c1-8-3-4-9(7-11)10(12-8)5-6-13-2/h3-6H,1-2H3. The summed E-state index contributed by atoms with van der Waals surface area (Å²) in [7, 11) is 1.55. The van der Waals surface area contributed by atoms with Gasteiger partial charge in [0.05, 0.1) is 24.6 Å². The summed E-state index contributed by atoms with van der Waals surface area (Å²) >= 11 is 0. The fourth-order valence-corrected chi connectivity index (χ4v) is 0.931. The molecule has 1 aromatic rings. The Morgan fingerprint density at radius 2 is 2.31 bits per heavy atom. The Balaban J connectivity index is 3.10. The minimum atomic E-state index is 0.555. The maximum absolute atomic E-state index is 8.74. The Morgan fingerprint density at radius 3 is 2.92 bits per heavy atom. The number of ether oxygens (including phenoxy) is 1. The van der Waals surface area contributed by atoms with Crippen LogP contribution < -0.4 is 0 Å². The van der Waals surface area contributed by atoms with Gasteiger partial charge in [0.2, 0.25) is 0 Å². The van der Waals surface area contributed by atoms with Gasteiger partial charge < -0.3 is 4.74 Å². The van der Waals surface area contributed by atoms with Crippen LogP contribution in [0, 0.1) is 18.3 Å². The summed E-state index contributed by atoms with van der Waals surface area (Å²) in [4.78, 5) is 4.19. The van der Waals surface area contributed by atoms with E-state index in [9.17, 15) is 0 Å².